The van der Waals surface area contributed by atoms with Crippen LogP contribution in [0.3, 0.4) is 0 Å². The van der Waals surface area contributed by atoms with Crippen molar-refractivity contribution in [1.82, 2.24) is 4.98 Å². The normalized spacial score (nSPS) is 13.4. The molecule has 1 aromatic heterocycles. The molecular weight excluding hydrogens is 228 g/mol. The average molecular weight is 243 g/mol. The van der Waals surface area contributed by atoms with Crippen LogP contribution in [0.1, 0.15) is 31.0 Å². The van der Waals surface area contributed by atoms with Gasteiger partial charge >= 0.3 is 0 Å². The molecule has 1 aromatic rings. The van der Waals surface area contributed by atoms with E-state index in [-0.39, 0.29) is 6.04 Å². The van der Waals surface area contributed by atoms with Crippen LogP contribution >= 0.6 is 15.9 Å². The Bertz CT molecular complexity index is 277. The van der Waals surface area contributed by atoms with Gasteiger partial charge in [-0.3, -0.25) is 0 Å². The van der Waals surface area contributed by atoms with Gasteiger partial charge in [0.15, 0.2) is 0 Å². The van der Waals surface area contributed by atoms with Crippen LogP contribution in [0.5, 0.6) is 0 Å². The maximum absolute atomic E-state index is 6.07. The van der Waals surface area contributed by atoms with Gasteiger partial charge in [-0.05, 0) is 40.4 Å². The SMILES string of the molecule is Cc1ccnc(Br)c1[C@H](N)C(C)C. The molecule has 0 radical (unpaired) electrons. The van der Waals surface area contributed by atoms with Crippen LogP contribution in [-0.4, -0.2) is 4.98 Å². The summed E-state index contributed by atoms with van der Waals surface area (Å²) in [7, 11) is 0. The van der Waals surface area contributed by atoms with E-state index in [4.69, 9.17) is 5.73 Å². The second kappa shape index (κ2) is 4.20. The number of nitrogens with zero attached hydrogens (tertiary/aromatic N) is 1. The number of pyridine rings is 1. The predicted molar refractivity (Wildman–Crippen MR) is 58.4 cm³/mol. The number of nitrogens with two attached hydrogens (primary N) is 1. The fourth-order valence-electron chi connectivity index (χ4n) is 1.27. The number of rotatable bonds is 2. The third-order valence-electron chi connectivity index (χ3n) is 2.21. The molecule has 0 aliphatic rings. The van der Waals surface area contributed by atoms with Crippen molar-refractivity contribution in [1.29, 1.82) is 0 Å². The van der Waals surface area contributed by atoms with Crippen molar-refractivity contribution < 1.29 is 0 Å². The quantitative estimate of drug-likeness (QED) is 0.811. The lowest BCUT2D eigenvalue weighted by Gasteiger charge is -2.19. The van der Waals surface area contributed by atoms with Crippen LogP contribution in [0.2, 0.25) is 0 Å². The van der Waals surface area contributed by atoms with Gasteiger partial charge < -0.3 is 5.73 Å². The Morgan fingerprint density at radius 2 is 2.08 bits per heavy atom. The fraction of sp³-hybridized carbons (Fsp3) is 0.500. The van der Waals surface area contributed by atoms with Crippen molar-refractivity contribution in [2.24, 2.45) is 11.7 Å². The number of aromatic nitrogens is 1. The van der Waals surface area contributed by atoms with Crippen LogP contribution in [0, 0.1) is 12.8 Å². The van der Waals surface area contributed by atoms with Gasteiger partial charge in [0.05, 0.1) is 0 Å². The molecule has 0 saturated heterocycles. The molecule has 0 bridgehead atoms. The Hall–Kier alpha value is -0.410. The van der Waals surface area contributed by atoms with E-state index in [2.05, 4.69) is 41.7 Å². The first kappa shape index (κ1) is 10.7. The molecular formula is C10H15BrN2. The zero-order chi connectivity index (χ0) is 10.0. The van der Waals surface area contributed by atoms with Gasteiger partial charge in [0.1, 0.15) is 4.60 Å². The van der Waals surface area contributed by atoms with Crippen LogP contribution < -0.4 is 5.73 Å². The fourth-order valence-corrected chi connectivity index (χ4v) is 1.97. The van der Waals surface area contributed by atoms with Gasteiger partial charge in [0.2, 0.25) is 0 Å². The number of halogens is 1. The van der Waals surface area contributed by atoms with Gasteiger partial charge in [0, 0.05) is 17.8 Å². The molecule has 0 aliphatic carbocycles. The molecule has 13 heavy (non-hydrogen) atoms. The molecule has 0 spiro atoms. The Labute approximate surface area is 87.7 Å². The minimum Gasteiger partial charge on any atom is -0.324 e. The molecule has 0 unspecified atom stereocenters. The first-order chi connectivity index (χ1) is 6.04. The van der Waals surface area contributed by atoms with E-state index in [0.717, 1.165) is 10.2 Å². The summed E-state index contributed by atoms with van der Waals surface area (Å²) in [5.41, 5.74) is 8.39. The first-order valence-electron chi connectivity index (χ1n) is 4.40. The van der Waals surface area contributed by atoms with E-state index in [0.29, 0.717) is 5.92 Å². The lowest BCUT2D eigenvalue weighted by molar-refractivity contribution is 0.508. The Kier molecular flexibility index (Phi) is 3.45. The van der Waals surface area contributed by atoms with Gasteiger partial charge in [-0.2, -0.15) is 0 Å². The van der Waals surface area contributed by atoms with E-state index in [9.17, 15) is 0 Å². The molecule has 3 heteroatoms. The second-order valence-corrected chi connectivity index (χ2v) is 4.35. The highest BCUT2D eigenvalue weighted by atomic mass is 79.9. The van der Waals surface area contributed by atoms with Crippen molar-refractivity contribution in [2.75, 3.05) is 0 Å². The van der Waals surface area contributed by atoms with Gasteiger partial charge in [-0.25, -0.2) is 4.98 Å². The molecule has 1 heterocycles. The van der Waals surface area contributed by atoms with E-state index in [1.807, 2.05) is 6.07 Å². The van der Waals surface area contributed by atoms with Crippen LogP contribution in [-0.2, 0) is 0 Å². The lowest BCUT2D eigenvalue weighted by atomic mass is 9.95. The van der Waals surface area contributed by atoms with Crippen molar-refractivity contribution in [3.05, 3.63) is 28.0 Å². The summed E-state index contributed by atoms with van der Waals surface area (Å²) < 4.78 is 0.869. The summed E-state index contributed by atoms with van der Waals surface area (Å²) in [5.74, 6) is 0.430. The standard InChI is InChI=1S/C10H15BrN2/c1-6(2)9(12)8-7(3)4-5-13-10(8)11/h4-6,9H,12H2,1-3H3/t9-/m1/s1. The molecule has 2 nitrogen and oxygen atoms in total. The molecule has 72 valence electrons. The largest absolute Gasteiger partial charge is 0.324 e. The first-order valence-corrected chi connectivity index (χ1v) is 5.20. The Morgan fingerprint density at radius 1 is 1.46 bits per heavy atom. The third kappa shape index (κ3) is 2.29. The number of hydrogen-bond donors (Lipinski definition) is 1. The molecule has 0 aromatic carbocycles. The van der Waals surface area contributed by atoms with Crippen LogP contribution in [0.25, 0.3) is 0 Å². The lowest BCUT2D eigenvalue weighted by Crippen LogP contribution is -2.18. The van der Waals surface area contributed by atoms with Crippen LogP contribution in [0.15, 0.2) is 16.9 Å². The number of aryl methyl sites for hydroxylation is 1. The van der Waals surface area contributed by atoms with E-state index in [1.54, 1.807) is 6.20 Å². The highest BCUT2D eigenvalue weighted by Crippen LogP contribution is 2.27. The van der Waals surface area contributed by atoms with Crippen molar-refractivity contribution in [2.45, 2.75) is 26.8 Å². The average Bonchev–Trinajstić information content (AvgIpc) is 2.03. The van der Waals surface area contributed by atoms with Gasteiger partial charge in [-0.15, -0.1) is 0 Å². The smallest absolute Gasteiger partial charge is 0.111 e. The predicted octanol–water partition coefficient (Wildman–Crippen LogP) is 2.81. The highest BCUT2D eigenvalue weighted by molar-refractivity contribution is 9.10. The van der Waals surface area contributed by atoms with E-state index in [1.165, 1.54) is 5.56 Å². The minimum atomic E-state index is 0.0584. The maximum atomic E-state index is 6.07. The maximum Gasteiger partial charge on any atom is 0.111 e. The Morgan fingerprint density at radius 3 is 2.54 bits per heavy atom. The van der Waals surface area contributed by atoms with Crippen molar-refractivity contribution in [3.63, 3.8) is 0 Å². The van der Waals surface area contributed by atoms with Gasteiger partial charge in [-0.1, -0.05) is 13.8 Å². The van der Waals surface area contributed by atoms with Crippen LogP contribution in [0.4, 0.5) is 0 Å². The molecule has 1 atom stereocenters. The molecule has 0 fully saturated rings. The summed E-state index contributed by atoms with van der Waals surface area (Å²) in [6.45, 7) is 6.29. The Balaban J connectivity index is 3.12. The summed E-state index contributed by atoms with van der Waals surface area (Å²) in [6, 6.07) is 2.05. The summed E-state index contributed by atoms with van der Waals surface area (Å²) in [4.78, 5) is 4.18. The van der Waals surface area contributed by atoms with Crippen molar-refractivity contribution >= 4 is 15.9 Å². The van der Waals surface area contributed by atoms with Crippen molar-refractivity contribution in [3.8, 4) is 0 Å². The molecule has 0 saturated carbocycles. The second-order valence-electron chi connectivity index (χ2n) is 3.60. The number of hydrogen-bond acceptors (Lipinski definition) is 2. The summed E-state index contributed by atoms with van der Waals surface area (Å²) >= 11 is 3.42. The summed E-state index contributed by atoms with van der Waals surface area (Å²) in [6.07, 6.45) is 1.79. The zero-order valence-electron chi connectivity index (χ0n) is 8.21. The molecule has 2 N–H and O–H groups in total. The third-order valence-corrected chi connectivity index (χ3v) is 2.84. The van der Waals surface area contributed by atoms with E-state index >= 15 is 0 Å². The zero-order valence-corrected chi connectivity index (χ0v) is 9.80. The topological polar surface area (TPSA) is 38.9 Å². The molecule has 1 rings (SSSR count). The monoisotopic (exact) mass is 242 g/mol. The highest BCUT2D eigenvalue weighted by Gasteiger charge is 2.16. The molecule has 0 amide bonds. The van der Waals surface area contributed by atoms with Gasteiger partial charge in [0.25, 0.3) is 0 Å². The van der Waals surface area contributed by atoms with E-state index < -0.39 is 0 Å². The molecule has 0 aliphatic heterocycles. The minimum absolute atomic E-state index is 0.0584. The summed E-state index contributed by atoms with van der Waals surface area (Å²) in [5, 5.41) is 0.